The highest BCUT2D eigenvalue weighted by Gasteiger charge is 1.99. The van der Waals surface area contributed by atoms with E-state index in [4.69, 9.17) is 21.2 Å². The fourth-order valence-electron chi connectivity index (χ4n) is 0.796. The number of carbonyl (C=O) groups is 2. The third kappa shape index (κ3) is 9.34. The number of hydrogen-bond donors (Lipinski definition) is 4. The van der Waals surface area contributed by atoms with E-state index in [1.165, 1.54) is 0 Å². The minimum absolute atomic E-state index is 0.214. The largest absolute Gasteiger partial charge is 0.379 e. The first-order chi connectivity index (χ1) is 7.70. The minimum Gasteiger partial charge on any atom is -0.379 e. The van der Waals surface area contributed by atoms with Gasteiger partial charge in [0.2, 0.25) is 11.8 Å². The molecule has 0 heterocycles. The second-order valence-corrected chi connectivity index (χ2v) is 2.86. The molecule has 0 atom stereocenters. The van der Waals surface area contributed by atoms with Crippen molar-refractivity contribution in [3.63, 3.8) is 0 Å². The number of amides is 2. The second kappa shape index (κ2) is 10.3. The zero-order valence-corrected chi connectivity index (χ0v) is 9.03. The van der Waals surface area contributed by atoms with Gasteiger partial charge in [0.05, 0.1) is 39.3 Å². The highest BCUT2D eigenvalue weighted by molar-refractivity contribution is 5.75. The maximum Gasteiger partial charge on any atom is 0.236 e. The molecule has 8 heteroatoms. The van der Waals surface area contributed by atoms with Crippen LogP contribution < -0.4 is 22.5 Å². The van der Waals surface area contributed by atoms with E-state index in [1.54, 1.807) is 0 Å². The zero-order chi connectivity index (χ0) is 12.2. The van der Waals surface area contributed by atoms with Crippen LogP contribution in [0, 0.1) is 0 Å². The van der Waals surface area contributed by atoms with Crippen molar-refractivity contribution >= 4 is 11.8 Å². The van der Waals surface area contributed by atoms with Gasteiger partial charge in [0.15, 0.2) is 0 Å². The second-order valence-electron chi connectivity index (χ2n) is 2.86. The van der Waals surface area contributed by atoms with Gasteiger partial charge in [0, 0.05) is 0 Å². The molecule has 0 saturated carbocycles. The summed E-state index contributed by atoms with van der Waals surface area (Å²) in [5.74, 6) is 9.18. The molecule has 94 valence electrons. The molecule has 0 aliphatic carbocycles. The highest BCUT2D eigenvalue weighted by Crippen LogP contribution is 1.85. The summed E-state index contributed by atoms with van der Waals surface area (Å²) in [6.07, 6.45) is 0.429. The average molecular weight is 234 g/mol. The first kappa shape index (κ1) is 14.8. The number of hydrazine groups is 2. The molecule has 0 rings (SSSR count). The Morgan fingerprint density at radius 2 is 1.19 bits per heavy atom. The summed E-state index contributed by atoms with van der Waals surface area (Å²) in [5, 5.41) is 0. The van der Waals surface area contributed by atoms with Crippen molar-refractivity contribution in [1.29, 1.82) is 0 Å². The fourth-order valence-corrected chi connectivity index (χ4v) is 0.796. The number of nitrogens with two attached hydrogens (primary N) is 2. The Hall–Kier alpha value is -1.22. The molecule has 8 nitrogen and oxygen atoms in total. The summed E-state index contributed by atoms with van der Waals surface area (Å²) < 4.78 is 10.1. The van der Waals surface area contributed by atoms with Crippen molar-refractivity contribution in [2.24, 2.45) is 11.7 Å². The quantitative estimate of drug-likeness (QED) is 0.155. The summed E-state index contributed by atoms with van der Waals surface area (Å²) in [5.41, 5.74) is 3.98. The summed E-state index contributed by atoms with van der Waals surface area (Å²) in [6.45, 7) is 1.30. The first-order valence-corrected chi connectivity index (χ1v) is 4.85. The van der Waals surface area contributed by atoms with Gasteiger partial charge in [-0.15, -0.1) is 0 Å². The Morgan fingerprint density at radius 1 is 0.812 bits per heavy atom. The molecule has 0 aliphatic rings. The standard InChI is InChI=1S/C8H18N4O4/c9-11-7(13)1-3-15-5-6-16-4-2-8(14)12-10/h1-6,9-10H2,(H,11,13)(H,12,14). The molecule has 0 unspecified atom stereocenters. The lowest BCUT2D eigenvalue weighted by atomic mass is 10.4. The Morgan fingerprint density at radius 3 is 1.50 bits per heavy atom. The van der Waals surface area contributed by atoms with Crippen LogP contribution in [-0.2, 0) is 19.1 Å². The van der Waals surface area contributed by atoms with Gasteiger partial charge in [-0.2, -0.15) is 0 Å². The lowest BCUT2D eigenvalue weighted by Crippen LogP contribution is -2.31. The lowest BCUT2D eigenvalue weighted by molar-refractivity contribution is -0.123. The fraction of sp³-hybridized carbons (Fsp3) is 0.750. The van der Waals surface area contributed by atoms with E-state index >= 15 is 0 Å². The molecule has 0 aromatic carbocycles. The smallest absolute Gasteiger partial charge is 0.236 e. The maximum atomic E-state index is 10.7. The highest BCUT2D eigenvalue weighted by atomic mass is 16.5. The average Bonchev–Trinajstić information content (AvgIpc) is 2.31. The molecular weight excluding hydrogens is 216 g/mol. The molecule has 16 heavy (non-hydrogen) atoms. The monoisotopic (exact) mass is 234 g/mol. The third-order valence-electron chi connectivity index (χ3n) is 1.64. The number of nitrogens with one attached hydrogen (secondary N) is 2. The van der Waals surface area contributed by atoms with E-state index in [2.05, 4.69) is 0 Å². The van der Waals surface area contributed by atoms with Gasteiger partial charge in [0.25, 0.3) is 0 Å². The van der Waals surface area contributed by atoms with Crippen LogP contribution in [0.4, 0.5) is 0 Å². The Bertz CT molecular complexity index is 190. The van der Waals surface area contributed by atoms with Gasteiger partial charge in [-0.1, -0.05) is 0 Å². The van der Waals surface area contributed by atoms with Crippen LogP contribution in [0.5, 0.6) is 0 Å². The Kier molecular flexibility index (Phi) is 9.52. The van der Waals surface area contributed by atoms with Crippen molar-refractivity contribution in [2.45, 2.75) is 12.8 Å². The van der Waals surface area contributed by atoms with Gasteiger partial charge in [-0.25, -0.2) is 11.7 Å². The number of hydrogen-bond acceptors (Lipinski definition) is 6. The van der Waals surface area contributed by atoms with E-state index in [-0.39, 0.29) is 37.9 Å². The first-order valence-electron chi connectivity index (χ1n) is 4.85. The summed E-state index contributed by atoms with van der Waals surface area (Å²) in [4.78, 5) is 21.3. The molecular formula is C8H18N4O4. The molecule has 0 radical (unpaired) electrons. The molecule has 0 fully saturated rings. The van der Waals surface area contributed by atoms with Crippen molar-refractivity contribution in [3.05, 3.63) is 0 Å². The van der Waals surface area contributed by atoms with Crippen molar-refractivity contribution in [3.8, 4) is 0 Å². The van der Waals surface area contributed by atoms with Crippen LogP contribution in [-0.4, -0.2) is 38.2 Å². The molecule has 2 amide bonds. The third-order valence-corrected chi connectivity index (χ3v) is 1.64. The maximum absolute atomic E-state index is 10.7. The molecule has 0 saturated heterocycles. The van der Waals surface area contributed by atoms with Crippen molar-refractivity contribution in [2.75, 3.05) is 26.4 Å². The number of ether oxygens (including phenoxy) is 2. The predicted octanol–water partition coefficient (Wildman–Crippen LogP) is -2.22. The molecule has 0 aliphatic heterocycles. The van der Waals surface area contributed by atoms with Gasteiger partial charge in [-0.05, 0) is 0 Å². The Balaban J connectivity index is 3.10. The van der Waals surface area contributed by atoms with Crippen LogP contribution in [0.3, 0.4) is 0 Å². The summed E-state index contributed by atoms with van der Waals surface area (Å²) in [6, 6.07) is 0. The van der Waals surface area contributed by atoms with Crippen LogP contribution in [0.25, 0.3) is 0 Å². The normalized spacial score (nSPS) is 9.88. The van der Waals surface area contributed by atoms with E-state index in [0.29, 0.717) is 13.2 Å². The van der Waals surface area contributed by atoms with Crippen molar-refractivity contribution < 1.29 is 19.1 Å². The SMILES string of the molecule is NNC(=O)CCOCCOCCC(=O)NN. The van der Waals surface area contributed by atoms with Crippen LogP contribution >= 0.6 is 0 Å². The molecule has 6 N–H and O–H groups in total. The van der Waals surface area contributed by atoms with Crippen molar-refractivity contribution in [1.82, 2.24) is 10.9 Å². The predicted molar refractivity (Wildman–Crippen MR) is 55.5 cm³/mol. The Labute approximate surface area is 93.6 Å². The van der Waals surface area contributed by atoms with Gasteiger partial charge >= 0.3 is 0 Å². The zero-order valence-electron chi connectivity index (χ0n) is 9.03. The number of carbonyl (C=O) groups excluding carboxylic acids is 2. The summed E-state index contributed by atoms with van der Waals surface area (Å²) in [7, 11) is 0. The van der Waals surface area contributed by atoms with Crippen LogP contribution in [0.1, 0.15) is 12.8 Å². The van der Waals surface area contributed by atoms with E-state index < -0.39 is 0 Å². The molecule has 0 spiro atoms. The van der Waals surface area contributed by atoms with Gasteiger partial charge in [-0.3, -0.25) is 20.4 Å². The topological polar surface area (TPSA) is 129 Å². The van der Waals surface area contributed by atoms with Crippen LogP contribution in [0.15, 0.2) is 0 Å². The van der Waals surface area contributed by atoms with E-state index in [1.807, 2.05) is 10.9 Å². The van der Waals surface area contributed by atoms with Gasteiger partial charge in [0.1, 0.15) is 0 Å². The molecule has 0 bridgehead atoms. The molecule has 0 aromatic heterocycles. The lowest BCUT2D eigenvalue weighted by Gasteiger charge is -2.05. The minimum atomic E-state index is -0.277. The van der Waals surface area contributed by atoms with E-state index in [0.717, 1.165) is 0 Å². The molecule has 0 aromatic rings. The van der Waals surface area contributed by atoms with Gasteiger partial charge < -0.3 is 9.47 Å². The summed E-state index contributed by atoms with van der Waals surface area (Å²) >= 11 is 0. The number of rotatable bonds is 9. The van der Waals surface area contributed by atoms with Crippen LogP contribution in [0.2, 0.25) is 0 Å². The van der Waals surface area contributed by atoms with E-state index in [9.17, 15) is 9.59 Å².